The van der Waals surface area contributed by atoms with Gasteiger partial charge in [-0.15, -0.1) is 0 Å². The molecule has 0 N–H and O–H groups in total. The highest BCUT2D eigenvalue weighted by molar-refractivity contribution is 7.89. The van der Waals surface area contributed by atoms with Crippen molar-refractivity contribution in [1.82, 2.24) is 9.21 Å². The van der Waals surface area contributed by atoms with E-state index < -0.39 is 15.7 Å². The van der Waals surface area contributed by atoms with Crippen LogP contribution in [0, 0.1) is 20.8 Å². The molecule has 1 amide bonds. The Bertz CT molecular complexity index is 1110. The summed E-state index contributed by atoms with van der Waals surface area (Å²) in [5.74, 6) is 0.543. The summed E-state index contributed by atoms with van der Waals surface area (Å²) in [7, 11) is -2.17. The van der Waals surface area contributed by atoms with Crippen molar-refractivity contribution >= 4 is 15.9 Å². The van der Waals surface area contributed by atoms with Gasteiger partial charge in [0.2, 0.25) is 10.0 Å². The fourth-order valence-corrected chi connectivity index (χ4v) is 7.15. The molecule has 2 saturated heterocycles. The van der Waals surface area contributed by atoms with E-state index >= 15 is 0 Å². The van der Waals surface area contributed by atoms with Crippen molar-refractivity contribution in [1.29, 1.82) is 0 Å². The molecule has 0 bridgehead atoms. The number of likely N-dealkylation sites (tertiary alicyclic amines) is 1. The molecular formula is C24H30N2O5S. The number of methoxy groups -OCH3 is 1. The second kappa shape index (κ2) is 8.50. The van der Waals surface area contributed by atoms with Gasteiger partial charge in [-0.2, -0.15) is 4.31 Å². The van der Waals surface area contributed by atoms with Crippen LogP contribution in [0.4, 0.5) is 0 Å². The largest absolute Gasteiger partial charge is 0.497 e. The minimum Gasteiger partial charge on any atom is -0.497 e. The predicted octanol–water partition coefficient (Wildman–Crippen LogP) is 3.27. The summed E-state index contributed by atoms with van der Waals surface area (Å²) in [5.41, 5.74) is 2.18. The van der Waals surface area contributed by atoms with E-state index in [4.69, 9.17) is 9.47 Å². The lowest BCUT2D eigenvalue weighted by molar-refractivity contribution is -0.0857. The topological polar surface area (TPSA) is 76.2 Å². The van der Waals surface area contributed by atoms with Crippen LogP contribution in [0.5, 0.6) is 5.75 Å². The number of sulfonamides is 1. The van der Waals surface area contributed by atoms with Gasteiger partial charge in [-0.1, -0.05) is 23.8 Å². The smallest absolute Gasteiger partial charge is 0.253 e. The van der Waals surface area contributed by atoms with Crippen LogP contribution in [0.25, 0.3) is 0 Å². The first-order valence-electron chi connectivity index (χ1n) is 10.9. The molecule has 0 saturated carbocycles. The van der Waals surface area contributed by atoms with Gasteiger partial charge in [0.05, 0.1) is 18.6 Å². The maximum absolute atomic E-state index is 13.7. The third-order valence-electron chi connectivity index (χ3n) is 6.42. The third kappa shape index (κ3) is 3.91. The fourth-order valence-electron chi connectivity index (χ4n) is 5.01. The molecule has 2 aromatic rings. The van der Waals surface area contributed by atoms with E-state index in [-0.39, 0.29) is 5.91 Å². The van der Waals surface area contributed by atoms with Gasteiger partial charge in [-0.3, -0.25) is 4.79 Å². The first-order valence-corrected chi connectivity index (χ1v) is 12.3. The summed E-state index contributed by atoms with van der Waals surface area (Å²) in [4.78, 5) is 15.1. The molecule has 2 fully saturated rings. The number of carbonyl (C=O) groups is 1. The molecule has 0 radical (unpaired) electrons. The van der Waals surface area contributed by atoms with Crippen molar-refractivity contribution < 1.29 is 22.7 Å². The molecule has 2 heterocycles. The molecule has 8 heteroatoms. The summed E-state index contributed by atoms with van der Waals surface area (Å²) < 4.78 is 40.3. The summed E-state index contributed by atoms with van der Waals surface area (Å²) in [6.45, 7) is 7.16. The minimum atomic E-state index is -3.74. The van der Waals surface area contributed by atoms with Crippen LogP contribution in [-0.4, -0.2) is 62.6 Å². The van der Waals surface area contributed by atoms with Crippen molar-refractivity contribution in [3.8, 4) is 5.75 Å². The molecule has 32 heavy (non-hydrogen) atoms. The van der Waals surface area contributed by atoms with Crippen LogP contribution in [0.15, 0.2) is 41.3 Å². The molecular weight excluding hydrogens is 428 g/mol. The molecule has 2 aliphatic heterocycles. The molecule has 0 unspecified atom stereocenters. The van der Waals surface area contributed by atoms with Crippen LogP contribution >= 0.6 is 0 Å². The van der Waals surface area contributed by atoms with Crippen LogP contribution < -0.4 is 4.74 Å². The van der Waals surface area contributed by atoms with Crippen molar-refractivity contribution in [2.75, 3.05) is 33.4 Å². The second-order valence-corrected chi connectivity index (χ2v) is 10.4. The van der Waals surface area contributed by atoms with E-state index in [0.29, 0.717) is 55.3 Å². The summed E-state index contributed by atoms with van der Waals surface area (Å²) in [6.07, 6.45) is 0.873. The van der Waals surface area contributed by atoms with E-state index in [0.717, 1.165) is 16.7 Å². The van der Waals surface area contributed by atoms with Gasteiger partial charge in [-0.05, 0) is 50.1 Å². The predicted molar refractivity (Wildman–Crippen MR) is 121 cm³/mol. The molecule has 7 nitrogen and oxygen atoms in total. The normalized spacial score (nSPS) is 18.8. The zero-order chi connectivity index (χ0) is 23.1. The summed E-state index contributed by atoms with van der Waals surface area (Å²) in [5, 5.41) is 0. The third-order valence-corrected chi connectivity index (χ3v) is 8.68. The number of carbonyl (C=O) groups excluding carboxylic acids is 1. The Kier molecular flexibility index (Phi) is 6.04. The molecule has 0 aliphatic carbocycles. The number of piperidine rings is 1. The average Bonchev–Trinajstić information content (AvgIpc) is 3.17. The highest BCUT2D eigenvalue weighted by atomic mass is 32.2. The lowest BCUT2D eigenvalue weighted by Gasteiger charge is -2.43. The van der Waals surface area contributed by atoms with Gasteiger partial charge in [0, 0.05) is 38.0 Å². The van der Waals surface area contributed by atoms with Crippen LogP contribution in [0.1, 0.15) is 39.9 Å². The van der Waals surface area contributed by atoms with Gasteiger partial charge < -0.3 is 14.4 Å². The van der Waals surface area contributed by atoms with Gasteiger partial charge in [0.1, 0.15) is 11.5 Å². The quantitative estimate of drug-likeness (QED) is 0.703. The number of hydrogen-bond donors (Lipinski definition) is 0. The summed E-state index contributed by atoms with van der Waals surface area (Å²) in [6, 6.07) is 10.9. The number of aryl methyl sites for hydroxylation is 3. The molecule has 4 rings (SSSR count). The van der Waals surface area contributed by atoms with E-state index in [9.17, 15) is 13.2 Å². The Hall–Kier alpha value is -2.42. The maximum atomic E-state index is 13.7. The van der Waals surface area contributed by atoms with E-state index in [2.05, 4.69) is 0 Å². The number of hydrogen-bond acceptors (Lipinski definition) is 5. The van der Waals surface area contributed by atoms with Gasteiger partial charge in [-0.25, -0.2) is 8.42 Å². The van der Waals surface area contributed by atoms with E-state index in [1.54, 1.807) is 36.3 Å². The van der Waals surface area contributed by atoms with Crippen LogP contribution in [0.2, 0.25) is 0 Å². The molecule has 2 aliphatic rings. The lowest BCUT2D eigenvalue weighted by atomic mass is 10.00. The molecule has 2 aromatic carbocycles. The first kappa shape index (κ1) is 22.8. The number of ether oxygens (including phenoxy) is 2. The molecule has 0 aromatic heterocycles. The van der Waals surface area contributed by atoms with E-state index in [1.807, 2.05) is 32.9 Å². The maximum Gasteiger partial charge on any atom is 0.253 e. The highest BCUT2D eigenvalue weighted by Gasteiger charge is 2.51. The zero-order valence-corrected chi connectivity index (χ0v) is 19.9. The van der Waals surface area contributed by atoms with E-state index in [1.165, 1.54) is 4.31 Å². The number of amides is 1. The summed E-state index contributed by atoms with van der Waals surface area (Å²) >= 11 is 0. The lowest BCUT2D eigenvalue weighted by Crippen LogP contribution is -2.55. The fraction of sp³-hybridized carbons (Fsp3) is 0.458. The zero-order valence-electron chi connectivity index (χ0n) is 19.1. The monoisotopic (exact) mass is 458 g/mol. The standard InChI is InChI=1S/C24H30N2O5S/c1-17-14-18(2)22(19(3)15-17)32(28,29)26-12-13-31-24(26)8-10-25(11-9-24)23(27)20-6-5-7-21(16-20)30-4/h5-7,14-16H,8-13H2,1-4H3. The van der Waals surface area contributed by atoms with Gasteiger partial charge >= 0.3 is 0 Å². The Morgan fingerprint density at radius 2 is 1.69 bits per heavy atom. The van der Waals surface area contributed by atoms with Crippen LogP contribution in [0.3, 0.4) is 0 Å². The van der Waals surface area contributed by atoms with Gasteiger partial charge in [0.15, 0.2) is 0 Å². The van der Waals surface area contributed by atoms with Crippen molar-refractivity contribution in [3.05, 3.63) is 58.7 Å². The van der Waals surface area contributed by atoms with Crippen LogP contribution in [-0.2, 0) is 14.8 Å². The Balaban J connectivity index is 1.56. The molecule has 1 spiro atoms. The minimum absolute atomic E-state index is 0.0867. The number of rotatable bonds is 4. The number of nitrogens with zero attached hydrogens (tertiary/aromatic N) is 2. The average molecular weight is 459 g/mol. The Labute approximate surface area is 190 Å². The highest BCUT2D eigenvalue weighted by Crippen LogP contribution is 2.40. The van der Waals surface area contributed by atoms with Gasteiger partial charge in [0.25, 0.3) is 5.91 Å². The van der Waals surface area contributed by atoms with Crippen molar-refractivity contribution in [2.45, 2.75) is 44.2 Å². The SMILES string of the molecule is COc1cccc(C(=O)N2CCC3(CC2)OCCN3S(=O)(=O)c2c(C)cc(C)cc2C)c1. The first-order chi connectivity index (χ1) is 15.2. The second-order valence-electron chi connectivity index (χ2n) is 8.62. The Morgan fingerprint density at radius 3 is 2.31 bits per heavy atom. The Morgan fingerprint density at radius 1 is 1.03 bits per heavy atom. The number of benzene rings is 2. The van der Waals surface area contributed by atoms with Crippen molar-refractivity contribution in [3.63, 3.8) is 0 Å². The molecule has 172 valence electrons. The molecule has 0 atom stereocenters. The van der Waals surface area contributed by atoms with Crippen molar-refractivity contribution in [2.24, 2.45) is 0 Å².